The molecule has 2 rings (SSSR count). The molecular formula is C10H14N2O. The van der Waals surface area contributed by atoms with Crippen LogP contribution in [0.25, 0.3) is 0 Å². The highest BCUT2D eigenvalue weighted by molar-refractivity contribution is 5.97. The van der Waals surface area contributed by atoms with Crippen molar-refractivity contribution in [1.82, 2.24) is 10.3 Å². The molecule has 1 saturated heterocycles. The molecule has 0 bridgehead atoms. The summed E-state index contributed by atoms with van der Waals surface area (Å²) in [5.74, 6) is 0.456. The number of carbonyl (C=O) groups is 1. The third kappa shape index (κ3) is 1.80. The standard InChI is InChI=1S/C10H14N2O/c13-10(9-3-5-12-7-9)8-2-1-4-11-6-8/h3,5,7-8,11-12H,1-2,4,6H2. The number of carbonyl (C=O) groups excluding carboxylic acids is 1. The fraction of sp³-hybridized carbons (Fsp3) is 0.500. The van der Waals surface area contributed by atoms with Crippen molar-refractivity contribution in [2.45, 2.75) is 12.8 Å². The van der Waals surface area contributed by atoms with Crippen LogP contribution in [0.2, 0.25) is 0 Å². The molecule has 0 radical (unpaired) electrons. The summed E-state index contributed by atoms with van der Waals surface area (Å²) in [5.41, 5.74) is 0.814. The van der Waals surface area contributed by atoms with E-state index in [2.05, 4.69) is 10.3 Å². The van der Waals surface area contributed by atoms with Crippen molar-refractivity contribution in [2.75, 3.05) is 13.1 Å². The summed E-state index contributed by atoms with van der Waals surface area (Å²) in [4.78, 5) is 14.7. The Morgan fingerprint density at radius 2 is 2.46 bits per heavy atom. The maximum absolute atomic E-state index is 11.8. The molecule has 1 atom stereocenters. The molecule has 1 aliphatic rings. The van der Waals surface area contributed by atoms with Gasteiger partial charge in [-0.2, -0.15) is 0 Å². The molecule has 3 nitrogen and oxygen atoms in total. The monoisotopic (exact) mass is 178 g/mol. The Morgan fingerprint density at radius 3 is 3.08 bits per heavy atom. The van der Waals surface area contributed by atoms with Gasteiger partial charge in [-0.3, -0.25) is 4.79 Å². The molecule has 1 aromatic heterocycles. The predicted octanol–water partition coefficient (Wildman–Crippen LogP) is 1.20. The zero-order chi connectivity index (χ0) is 9.10. The molecule has 2 N–H and O–H groups in total. The Kier molecular flexibility index (Phi) is 2.45. The molecule has 13 heavy (non-hydrogen) atoms. The SMILES string of the molecule is O=C(c1cc[nH]c1)C1CCCNC1. The summed E-state index contributed by atoms with van der Waals surface area (Å²) in [6.07, 6.45) is 5.71. The number of hydrogen-bond acceptors (Lipinski definition) is 2. The Hall–Kier alpha value is -1.09. The van der Waals surface area contributed by atoms with Gasteiger partial charge in [0.15, 0.2) is 5.78 Å². The van der Waals surface area contributed by atoms with Crippen molar-refractivity contribution >= 4 is 5.78 Å². The zero-order valence-electron chi connectivity index (χ0n) is 7.55. The van der Waals surface area contributed by atoms with Crippen molar-refractivity contribution in [1.29, 1.82) is 0 Å². The van der Waals surface area contributed by atoms with Crippen LogP contribution in [0.5, 0.6) is 0 Å². The summed E-state index contributed by atoms with van der Waals surface area (Å²) in [5, 5.41) is 3.25. The molecular weight excluding hydrogens is 164 g/mol. The number of nitrogens with one attached hydrogen (secondary N) is 2. The Balaban J connectivity index is 2.04. The minimum Gasteiger partial charge on any atom is -0.367 e. The number of piperidine rings is 1. The lowest BCUT2D eigenvalue weighted by molar-refractivity contribution is 0.0900. The highest BCUT2D eigenvalue weighted by atomic mass is 16.1. The molecule has 1 unspecified atom stereocenters. The molecule has 0 aromatic carbocycles. The smallest absolute Gasteiger partial charge is 0.168 e. The molecule has 2 heterocycles. The largest absolute Gasteiger partial charge is 0.367 e. The van der Waals surface area contributed by atoms with E-state index in [1.54, 1.807) is 12.4 Å². The summed E-state index contributed by atoms with van der Waals surface area (Å²) in [6, 6.07) is 1.84. The van der Waals surface area contributed by atoms with Gasteiger partial charge in [0.1, 0.15) is 0 Å². The van der Waals surface area contributed by atoms with E-state index in [1.807, 2.05) is 6.07 Å². The number of hydrogen-bond donors (Lipinski definition) is 2. The van der Waals surface area contributed by atoms with Gasteiger partial charge in [-0.15, -0.1) is 0 Å². The summed E-state index contributed by atoms with van der Waals surface area (Å²) in [7, 11) is 0. The lowest BCUT2D eigenvalue weighted by Crippen LogP contribution is -2.34. The minimum absolute atomic E-state index is 0.185. The van der Waals surface area contributed by atoms with Crippen LogP contribution < -0.4 is 5.32 Å². The van der Waals surface area contributed by atoms with Gasteiger partial charge in [-0.1, -0.05) is 0 Å². The van der Waals surface area contributed by atoms with Crippen LogP contribution in [0, 0.1) is 5.92 Å². The van der Waals surface area contributed by atoms with Gasteiger partial charge in [0.25, 0.3) is 0 Å². The normalized spacial score (nSPS) is 22.9. The van der Waals surface area contributed by atoms with Crippen LogP contribution in [-0.2, 0) is 0 Å². The first kappa shape index (κ1) is 8.51. The van der Waals surface area contributed by atoms with E-state index in [0.29, 0.717) is 0 Å². The van der Waals surface area contributed by atoms with Crippen molar-refractivity contribution in [3.63, 3.8) is 0 Å². The maximum atomic E-state index is 11.8. The second-order valence-corrected chi connectivity index (χ2v) is 3.51. The van der Waals surface area contributed by atoms with Crippen molar-refractivity contribution in [3.8, 4) is 0 Å². The highest BCUT2D eigenvalue weighted by Crippen LogP contribution is 2.15. The lowest BCUT2D eigenvalue weighted by Gasteiger charge is -2.20. The van der Waals surface area contributed by atoms with Crippen LogP contribution >= 0.6 is 0 Å². The first-order chi connectivity index (χ1) is 6.38. The average Bonchev–Trinajstić information content (AvgIpc) is 2.71. The Morgan fingerprint density at radius 1 is 1.54 bits per heavy atom. The second-order valence-electron chi connectivity index (χ2n) is 3.51. The zero-order valence-corrected chi connectivity index (χ0v) is 7.55. The van der Waals surface area contributed by atoms with E-state index in [0.717, 1.165) is 31.5 Å². The summed E-state index contributed by atoms with van der Waals surface area (Å²) in [6.45, 7) is 1.89. The molecule has 0 amide bonds. The van der Waals surface area contributed by atoms with E-state index < -0.39 is 0 Å². The second kappa shape index (κ2) is 3.75. The van der Waals surface area contributed by atoms with Crippen molar-refractivity contribution < 1.29 is 4.79 Å². The van der Waals surface area contributed by atoms with Crippen molar-refractivity contribution in [3.05, 3.63) is 24.0 Å². The van der Waals surface area contributed by atoms with Crippen LogP contribution in [0.3, 0.4) is 0 Å². The van der Waals surface area contributed by atoms with Crippen LogP contribution in [0.15, 0.2) is 18.5 Å². The summed E-state index contributed by atoms with van der Waals surface area (Å²) < 4.78 is 0. The van der Waals surface area contributed by atoms with E-state index in [4.69, 9.17) is 0 Å². The van der Waals surface area contributed by atoms with Crippen LogP contribution in [0.1, 0.15) is 23.2 Å². The molecule has 1 fully saturated rings. The van der Waals surface area contributed by atoms with Gasteiger partial charge >= 0.3 is 0 Å². The first-order valence-electron chi connectivity index (χ1n) is 4.75. The van der Waals surface area contributed by atoms with Gasteiger partial charge in [0, 0.05) is 30.4 Å². The molecule has 3 heteroatoms. The Labute approximate surface area is 77.5 Å². The highest BCUT2D eigenvalue weighted by Gasteiger charge is 2.21. The fourth-order valence-electron chi connectivity index (χ4n) is 1.79. The van der Waals surface area contributed by atoms with E-state index in [1.165, 1.54) is 0 Å². The number of rotatable bonds is 2. The van der Waals surface area contributed by atoms with Gasteiger partial charge in [0.05, 0.1) is 0 Å². The molecule has 70 valence electrons. The third-order valence-electron chi connectivity index (χ3n) is 2.55. The number of aromatic nitrogens is 1. The van der Waals surface area contributed by atoms with Crippen LogP contribution in [-0.4, -0.2) is 23.9 Å². The molecule has 1 aromatic rings. The fourth-order valence-corrected chi connectivity index (χ4v) is 1.79. The first-order valence-corrected chi connectivity index (χ1v) is 4.75. The molecule has 0 saturated carbocycles. The van der Waals surface area contributed by atoms with E-state index in [-0.39, 0.29) is 11.7 Å². The Bertz CT molecular complexity index is 273. The van der Waals surface area contributed by atoms with E-state index in [9.17, 15) is 4.79 Å². The van der Waals surface area contributed by atoms with Gasteiger partial charge in [-0.25, -0.2) is 0 Å². The topological polar surface area (TPSA) is 44.9 Å². The molecule has 0 spiro atoms. The predicted molar refractivity (Wildman–Crippen MR) is 50.7 cm³/mol. The van der Waals surface area contributed by atoms with Gasteiger partial charge in [0.2, 0.25) is 0 Å². The average molecular weight is 178 g/mol. The van der Waals surface area contributed by atoms with E-state index >= 15 is 0 Å². The quantitative estimate of drug-likeness (QED) is 0.668. The third-order valence-corrected chi connectivity index (χ3v) is 2.55. The number of Topliss-reactive ketones (excluding diaryl/α,β-unsaturated/α-hetero) is 1. The lowest BCUT2D eigenvalue weighted by atomic mass is 9.92. The van der Waals surface area contributed by atoms with Gasteiger partial charge < -0.3 is 10.3 Å². The number of H-pyrrole nitrogens is 1. The molecule has 1 aliphatic heterocycles. The number of aromatic amines is 1. The van der Waals surface area contributed by atoms with Gasteiger partial charge in [-0.05, 0) is 25.5 Å². The minimum atomic E-state index is 0.185. The van der Waals surface area contributed by atoms with Crippen molar-refractivity contribution in [2.24, 2.45) is 5.92 Å². The summed E-state index contributed by atoms with van der Waals surface area (Å²) >= 11 is 0. The molecule has 0 aliphatic carbocycles. The number of ketones is 1. The van der Waals surface area contributed by atoms with Crippen LogP contribution in [0.4, 0.5) is 0 Å². The maximum Gasteiger partial charge on any atom is 0.168 e.